The zero-order chi connectivity index (χ0) is 13.7. The fraction of sp³-hybridized carbons (Fsp3) is 0.600. The summed E-state index contributed by atoms with van der Waals surface area (Å²) < 4.78 is 19.1. The van der Waals surface area contributed by atoms with Crippen molar-refractivity contribution in [3.05, 3.63) is 35.6 Å². The number of rotatable bonds is 5. The van der Waals surface area contributed by atoms with E-state index in [1.54, 1.807) is 12.1 Å². The van der Waals surface area contributed by atoms with Crippen LogP contribution in [-0.4, -0.2) is 43.4 Å². The summed E-state index contributed by atoms with van der Waals surface area (Å²) in [7, 11) is 1.96. The molecule has 106 valence electrons. The lowest BCUT2D eigenvalue weighted by Gasteiger charge is -2.38. The predicted molar refractivity (Wildman–Crippen MR) is 72.3 cm³/mol. The van der Waals surface area contributed by atoms with Crippen molar-refractivity contribution in [3.8, 4) is 0 Å². The van der Waals surface area contributed by atoms with Gasteiger partial charge in [0.1, 0.15) is 5.82 Å². The van der Waals surface area contributed by atoms with Crippen LogP contribution in [0.3, 0.4) is 0 Å². The third kappa shape index (κ3) is 3.75. The Morgan fingerprint density at radius 3 is 2.84 bits per heavy atom. The van der Waals surface area contributed by atoms with Gasteiger partial charge in [0.25, 0.3) is 0 Å². The van der Waals surface area contributed by atoms with Gasteiger partial charge in [-0.2, -0.15) is 0 Å². The minimum absolute atomic E-state index is 0.120. The van der Waals surface area contributed by atoms with Crippen molar-refractivity contribution in [1.82, 2.24) is 4.90 Å². The molecule has 0 aromatic heterocycles. The molecule has 3 nitrogen and oxygen atoms in total. The number of hydrogen-bond acceptors (Lipinski definition) is 3. The molecule has 0 amide bonds. The van der Waals surface area contributed by atoms with Crippen molar-refractivity contribution in [2.75, 3.05) is 33.4 Å². The summed E-state index contributed by atoms with van der Waals surface area (Å²) in [6.45, 7) is 2.75. The first kappa shape index (κ1) is 14.4. The lowest BCUT2D eigenvalue weighted by atomic mass is 9.83. The summed E-state index contributed by atoms with van der Waals surface area (Å²) >= 11 is 0. The van der Waals surface area contributed by atoms with Crippen LogP contribution in [0.5, 0.6) is 0 Å². The van der Waals surface area contributed by atoms with E-state index < -0.39 is 0 Å². The van der Waals surface area contributed by atoms with Crippen molar-refractivity contribution in [1.29, 1.82) is 0 Å². The molecule has 19 heavy (non-hydrogen) atoms. The number of aliphatic hydroxyl groups is 1. The van der Waals surface area contributed by atoms with Gasteiger partial charge in [0.15, 0.2) is 0 Å². The molecule has 0 radical (unpaired) electrons. The Hall–Kier alpha value is -0.970. The van der Waals surface area contributed by atoms with E-state index in [2.05, 4.69) is 4.90 Å². The molecule has 1 unspecified atom stereocenters. The zero-order valence-electron chi connectivity index (χ0n) is 11.4. The summed E-state index contributed by atoms with van der Waals surface area (Å²) in [6, 6.07) is 6.82. The van der Waals surface area contributed by atoms with E-state index in [0.717, 1.165) is 26.0 Å². The highest BCUT2D eigenvalue weighted by molar-refractivity contribution is 5.17. The van der Waals surface area contributed by atoms with Crippen LogP contribution >= 0.6 is 0 Å². The lowest BCUT2D eigenvalue weighted by molar-refractivity contribution is -0.0532. The first-order valence-electron chi connectivity index (χ1n) is 6.76. The van der Waals surface area contributed by atoms with Crippen molar-refractivity contribution >= 4 is 0 Å². The third-order valence-corrected chi connectivity index (χ3v) is 3.74. The van der Waals surface area contributed by atoms with Gasteiger partial charge in [-0.1, -0.05) is 18.2 Å². The standard InChI is InChI=1S/C15H22FNO2/c1-17(9-13-5-2-3-6-14(13)16)10-15(11-18)7-4-8-19-12-15/h2-3,5-6,18H,4,7-12H2,1H3. The average Bonchev–Trinajstić information content (AvgIpc) is 2.42. The number of nitrogens with zero attached hydrogens (tertiary/aromatic N) is 1. The Morgan fingerprint density at radius 2 is 2.21 bits per heavy atom. The second-order valence-electron chi connectivity index (χ2n) is 5.58. The van der Waals surface area contributed by atoms with E-state index in [9.17, 15) is 9.50 Å². The second kappa shape index (κ2) is 6.46. The monoisotopic (exact) mass is 267 g/mol. The van der Waals surface area contributed by atoms with E-state index in [4.69, 9.17) is 4.74 Å². The molecule has 1 aromatic carbocycles. The van der Waals surface area contributed by atoms with Crippen molar-refractivity contribution in [2.45, 2.75) is 19.4 Å². The molecule has 1 heterocycles. The van der Waals surface area contributed by atoms with Crippen LogP contribution in [0.4, 0.5) is 4.39 Å². The quantitative estimate of drug-likeness (QED) is 0.886. The highest BCUT2D eigenvalue weighted by atomic mass is 19.1. The van der Waals surface area contributed by atoms with Gasteiger partial charge in [-0.3, -0.25) is 0 Å². The molecule has 1 aromatic rings. The zero-order valence-corrected chi connectivity index (χ0v) is 11.4. The van der Waals surface area contributed by atoms with Crippen LogP contribution in [0.15, 0.2) is 24.3 Å². The smallest absolute Gasteiger partial charge is 0.127 e. The topological polar surface area (TPSA) is 32.7 Å². The number of ether oxygens (including phenoxy) is 1. The Labute approximate surface area is 114 Å². The molecule has 1 aliphatic heterocycles. The summed E-state index contributed by atoms with van der Waals surface area (Å²) in [6.07, 6.45) is 1.94. The Balaban J connectivity index is 1.96. The van der Waals surface area contributed by atoms with Crippen LogP contribution in [0.1, 0.15) is 18.4 Å². The molecular weight excluding hydrogens is 245 g/mol. The fourth-order valence-corrected chi connectivity index (χ4v) is 2.76. The van der Waals surface area contributed by atoms with Gasteiger partial charge < -0.3 is 14.7 Å². The van der Waals surface area contributed by atoms with E-state index in [1.165, 1.54) is 6.07 Å². The summed E-state index contributed by atoms with van der Waals surface area (Å²) in [4.78, 5) is 2.06. The molecule has 1 aliphatic rings. The van der Waals surface area contributed by atoms with Crippen molar-refractivity contribution in [3.63, 3.8) is 0 Å². The summed E-state index contributed by atoms with van der Waals surface area (Å²) in [5.74, 6) is -0.174. The van der Waals surface area contributed by atoms with E-state index in [1.807, 2.05) is 13.1 Å². The number of aliphatic hydroxyl groups excluding tert-OH is 1. The normalized spacial score (nSPS) is 23.8. The van der Waals surface area contributed by atoms with E-state index >= 15 is 0 Å². The first-order valence-corrected chi connectivity index (χ1v) is 6.76. The lowest BCUT2D eigenvalue weighted by Crippen LogP contribution is -2.44. The van der Waals surface area contributed by atoms with Crippen LogP contribution in [0.2, 0.25) is 0 Å². The summed E-state index contributed by atoms with van der Waals surface area (Å²) in [5, 5.41) is 9.63. The number of benzene rings is 1. The maximum atomic E-state index is 13.6. The molecule has 1 saturated heterocycles. The predicted octanol–water partition coefficient (Wildman–Crippen LogP) is 2.05. The highest BCUT2D eigenvalue weighted by Crippen LogP contribution is 2.29. The minimum Gasteiger partial charge on any atom is -0.396 e. The second-order valence-corrected chi connectivity index (χ2v) is 5.58. The van der Waals surface area contributed by atoms with Gasteiger partial charge >= 0.3 is 0 Å². The Morgan fingerprint density at radius 1 is 1.42 bits per heavy atom. The molecule has 1 N–H and O–H groups in total. The molecule has 0 saturated carbocycles. The molecule has 0 spiro atoms. The first-order chi connectivity index (χ1) is 9.15. The molecule has 0 aliphatic carbocycles. The minimum atomic E-state index is -0.196. The Kier molecular flexibility index (Phi) is 4.91. The molecular formula is C15H22FNO2. The largest absolute Gasteiger partial charge is 0.396 e. The maximum Gasteiger partial charge on any atom is 0.127 e. The van der Waals surface area contributed by atoms with E-state index in [-0.39, 0.29) is 17.8 Å². The molecule has 0 bridgehead atoms. The molecule has 2 rings (SSSR count). The average molecular weight is 267 g/mol. The summed E-state index contributed by atoms with van der Waals surface area (Å²) in [5.41, 5.74) is 0.493. The van der Waals surface area contributed by atoms with Crippen molar-refractivity contribution in [2.24, 2.45) is 5.41 Å². The van der Waals surface area contributed by atoms with Crippen LogP contribution in [-0.2, 0) is 11.3 Å². The van der Waals surface area contributed by atoms with Crippen LogP contribution in [0.25, 0.3) is 0 Å². The van der Waals surface area contributed by atoms with Gasteiger partial charge in [-0.05, 0) is 26.0 Å². The molecule has 1 fully saturated rings. The molecule has 1 atom stereocenters. The van der Waals surface area contributed by atoms with Gasteiger partial charge in [0.05, 0.1) is 13.2 Å². The molecule has 4 heteroatoms. The number of halogens is 1. The third-order valence-electron chi connectivity index (χ3n) is 3.74. The van der Waals surface area contributed by atoms with Crippen LogP contribution < -0.4 is 0 Å². The highest BCUT2D eigenvalue weighted by Gasteiger charge is 2.33. The fourth-order valence-electron chi connectivity index (χ4n) is 2.76. The van der Waals surface area contributed by atoms with Crippen molar-refractivity contribution < 1.29 is 14.2 Å². The SMILES string of the molecule is CN(Cc1ccccc1F)CC1(CO)CCCOC1. The Bertz CT molecular complexity index is 405. The van der Waals surface area contributed by atoms with Gasteiger partial charge in [0.2, 0.25) is 0 Å². The number of hydrogen-bond donors (Lipinski definition) is 1. The van der Waals surface area contributed by atoms with Crippen LogP contribution in [0, 0.1) is 11.2 Å². The van der Waals surface area contributed by atoms with Gasteiger partial charge in [-0.25, -0.2) is 4.39 Å². The van der Waals surface area contributed by atoms with Gasteiger partial charge in [-0.15, -0.1) is 0 Å². The van der Waals surface area contributed by atoms with E-state index in [0.29, 0.717) is 18.7 Å². The maximum absolute atomic E-state index is 13.6. The van der Waals surface area contributed by atoms with Gasteiger partial charge in [0, 0.05) is 30.7 Å².